The molecule has 0 saturated heterocycles. The number of ketones is 1. The number of hydrogen-bond acceptors (Lipinski definition) is 5. The first kappa shape index (κ1) is 19.5. The molecule has 0 aliphatic carbocycles. The average Bonchev–Trinajstić information content (AvgIpc) is 2.62. The molecule has 0 fully saturated rings. The zero-order valence-electron chi connectivity index (χ0n) is 14.4. The molecule has 0 aliphatic heterocycles. The number of aliphatic hydroxyl groups is 1. The van der Waals surface area contributed by atoms with Crippen LogP contribution in [0.25, 0.3) is 10.9 Å². The van der Waals surface area contributed by atoms with Gasteiger partial charge >= 0.3 is 0 Å². The number of aromatic nitrogens is 2. The average molecular weight is 407 g/mol. The molecular weight excluding hydrogens is 391 g/mol. The fourth-order valence-electron chi connectivity index (χ4n) is 2.56. The molecule has 1 aromatic heterocycles. The minimum absolute atomic E-state index is 0.0178. The molecule has 8 heteroatoms. The maximum Gasteiger partial charge on any atom is 0.262 e. The summed E-state index contributed by atoms with van der Waals surface area (Å²) in [7, 11) is 0. The third-order valence-corrected chi connectivity index (χ3v) is 5.04. The summed E-state index contributed by atoms with van der Waals surface area (Å²) in [6.45, 7) is 1.62. The molecule has 0 aliphatic rings. The summed E-state index contributed by atoms with van der Waals surface area (Å²) in [6.07, 6.45) is -0.763. The van der Waals surface area contributed by atoms with E-state index in [1.807, 2.05) is 0 Å². The molecule has 0 spiro atoms. The van der Waals surface area contributed by atoms with E-state index >= 15 is 0 Å². The van der Waals surface area contributed by atoms with Crippen LogP contribution in [-0.2, 0) is 6.54 Å². The van der Waals surface area contributed by atoms with E-state index in [4.69, 9.17) is 11.6 Å². The molecule has 0 saturated carbocycles. The van der Waals surface area contributed by atoms with Crippen LogP contribution < -0.4 is 5.56 Å². The molecule has 0 radical (unpaired) electrons. The fraction of sp³-hybridized carbons (Fsp3) is 0.211. The van der Waals surface area contributed by atoms with Crippen LogP contribution in [0.4, 0.5) is 4.39 Å². The highest BCUT2D eigenvalue weighted by Gasteiger charge is 2.15. The van der Waals surface area contributed by atoms with Crippen molar-refractivity contribution in [1.82, 2.24) is 9.55 Å². The van der Waals surface area contributed by atoms with Crippen molar-refractivity contribution in [3.63, 3.8) is 0 Å². The smallest absolute Gasteiger partial charge is 0.262 e. The predicted octanol–water partition coefficient (Wildman–Crippen LogP) is 3.54. The van der Waals surface area contributed by atoms with Gasteiger partial charge in [0.05, 0.1) is 29.3 Å². The Hall–Kier alpha value is -2.22. The van der Waals surface area contributed by atoms with Gasteiger partial charge in [-0.2, -0.15) is 0 Å². The summed E-state index contributed by atoms with van der Waals surface area (Å²) in [6, 6.07) is 10.0. The third-order valence-electron chi connectivity index (χ3n) is 3.83. The number of benzene rings is 2. The summed E-state index contributed by atoms with van der Waals surface area (Å²) in [5, 5.41) is 10.9. The molecule has 0 amide bonds. The van der Waals surface area contributed by atoms with Crippen LogP contribution in [0.1, 0.15) is 17.3 Å². The lowest BCUT2D eigenvalue weighted by atomic mass is 10.1. The zero-order chi connectivity index (χ0) is 19.6. The monoisotopic (exact) mass is 406 g/mol. The number of rotatable bonds is 6. The Labute approximate surface area is 163 Å². The molecule has 2 aromatic carbocycles. The Balaban J connectivity index is 1.95. The number of thioether (sulfide) groups is 1. The van der Waals surface area contributed by atoms with Gasteiger partial charge in [-0.25, -0.2) is 9.37 Å². The van der Waals surface area contributed by atoms with Crippen molar-refractivity contribution >= 4 is 40.0 Å². The van der Waals surface area contributed by atoms with Gasteiger partial charge < -0.3 is 5.11 Å². The van der Waals surface area contributed by atoms with Gasteiger partial charge in [0.1, 0.15) is 5.82 Å². The van der Waals surface area contributed by atoms with Gasteiger partial charge in [-0.05, 0) is 49.4 Å². The number of aliphatic hydroxyl groups excluding tert-OH is 1. The van der Waals surface area contributed by atoms with Crippen LogP contribution in [0.2, 0.25) is 5.02 Å². The molecular formula is C19H16ClFN2O3S. The van der Waals surface area contributed by atoms with Crippen LogP contribution in [0.3, 0.4) is 0 Å². The lowest BCUT2D eigenvalue weighted by Gasteiger charge is -2.14. The van der Waals surface area contributed by atoms with Crippen molar-refractivity contribution in [2.75, 3.05) is 5.75 Å². The maximum atomic E-state index is 13.0. The molecule has 1 heterocycles. The quantitative estimate of drug-likeness (QED) is 0.385. The summed E-state index contributed by atoms with van der Waals surface area (Å²) in [4.78, 5) is 29.6. The Morgan fingerprint density at radius 2 is 2.00 bits per heavy atom. The van der Waals surface area contributed by atoms with Gasteiger partial charge in [0.15, 0.2) is 10.9 Å². The fourth-order valence-corrected chi connectivity index (χ4v) is 3.63. The molecule has 140 valence electrons. The Morgan fingerprint density at radius 3 is 2.67 bits per heavy atom. The van der Waals surface area contributed by atoms with E-state index in [1.54, 1.807) is 25.1 Å². The maximum absolute atomic E-state index is 13.0. The summed E-state index contributed by atoms with van der Waals surface area (Å²) in [5.41, 5.74) is 0.484. The number of fused-ring (bicyclic) bond motifs is 1. The largest absolute Gasteiger partial charge is 0.392 e. The number of carbonyl (C=O) groups excluding carboxylic acids is 1. The van der Waals surface area contributed by atoms with Gasteiger partial charge in [0.2, 0.25) is 0 Å². The summed E-state index contributed by atoms with van der Waals surface area (Å²) in [5.74, 6) is -0.619. The number of carbonyl (C=O) groups is 1. The second-order valence-electron chi connectivity index (χ2n) is 6.04. The molecule has 0 bridgehead atoms. The first-order valence-electron chi connectivity index (χ1n) is 8.15. The number of nitrogens with zero attached hydrogens (tertiary/aromatic N) is 2. The van der Waals surface area contributed by atoms with Crippen molar-refractivity contribution < 1.29 is 14.3 Å². The normalized spacial score (nSPS) is 12.3. The van der Waals surface area contributed by atoms with E-state index in [0.717, 1.165) is 11.8 Å². The van der Waals surface area contributed by atoms with Crippen molar-refractivity contribution in [2.45, 2.75) is 24.7 Å². The standard InChI is InChI=1S/C19H16ClFN2O3S/c1-11(24)9-23-18(26)15-7-4-13(20)8-16(15)22-19(23)27-10-17(25)12-2-5-14(21)6-3-12/h2-8,11,24H,9-10H2,1H3/t11-/m1/s1. The second-order valence-corrected chi connectivity index (χ2v) is 7.42. The van der Waals surface area contributed by atoms with E-state index in [1.165, 1.54) is 28.8 Å². The molecule has 1 N–H and O–H groups in total. The van der Waals surface area contributed by atoms with Crippen LogP contribution in [0.15, 0.2) is 52.4 Å². The SMILES string of the molecule is C[C@@H](O)Cn1c(SCC(=O)c2ccc(F)cc2)nc2cc(Cl)ccc2c1=O. The van der Waals surface area contributed by atoms with Crippen LogP contribution in [-0.4, -0.2) is 32.3 Å². The number of halogens is 2. The minimum atomic E-state index is -0.763. The Morgan fingerprint density at radius 1 is 1.30 bits per heavy atom. The van der Waals surface area contributed by atoms with E-state index in [-0.39, 0.29) is 23.6 Å². The van der Waals surface area contributed by atoms with Crippen molar-refractivity contribution in [1.29, 1.82) is 0 Å². The Kier molecular flexibility index (Phi) is 5.94. The molecule has 27 heavy (non-hydrogen) atoms. The highest BCUT2D eigenvalue weighted by Crippen LogP contribution is 2.21. The van der Waals surface area contributed by atoms with Gasteiger partial charge in [-0.3, -0.25) is 14.2 Å². The molecule has 1 atom stereocenters. The van der Waals surface area contributed by atoms with Crippen molar-refractivity contribution in [3.05, 3.63) is 69.2 Å². The van der Waals surface area contributed by atoms with Crippen molar-refractivity contribution in [3.8, 4) is 0 Å². The third kappa shape index (κ3) is 4.55. The van der Waals surface area contributed by atoms with E-state index < -0.39 is 11.9 Å². The highest BCUT2D eigenvalue weighted by atomic mass is 35.5. The van der Waals surface area contributed by atoms with E-state index in [0.29, 0.717) is 26.6 Å². The summed E-state index contributed by atoms with van der Waals surface area (Å²) >= 11 is 7.07. The molecule has 3 aromatic rings. The predicted molar refractivity (Wildman–Crippen MR) is 104 cm³/mol. The van der Waals surface area contributed by atoms with E-state index in [2.05, 4.69) is 4.98 Å². The minimum Gasteiger partial charge on any atom is -0.392 e. The van der Waals surface area contributed by atoms with Gasteiger partial charge in [0.25, 0.3) is 5.56 Å². The van der Waals surface area contributed by atoms with Crippen LogP contribution in [0.5, 0.6) is 0 Å². The first-order chi connectivity index (χ1) is 12.8. The summed E-state index contributed by atoms with van der Waals surface area (Å²) < 4.78 is 14.4. The number of Topliss-reactive ketones (excluding diaryl/α,β-unsaturated/α-hetero) is 1. The zero-order valence-corrected chi connectivity index (χ0v) is 15.9. The van der Waals surface area contributed by atoms with Gasteiger partial charge in [-0.15, -0.1) is 0 Å². The lowest BCUT2D eigenvalue weighted by Crippen LogP contribution is -2.28. The van der Waals surface area contributed by atoms with Crippen LogP contribution in [0, 0.1) is 5.82 Å². The Bertz CT molecular complexity index is 1050. The van der Waals surface area contributed by atoms with Crippen LogP contribution >= 0.6 is 23.4 Å². The molecule has 3 rings (SSSR count). The first-order valence-corrected chi connectivity index (χ1v) is 9.51. The van der Waals surface area contributed by atoms with Crippen molar-refractivity contribution in [2.24, 2.45) is 0 Å². The molecule has 0 unspecified atom stereocenters. The highest BCUT2D eigenvalue weighted by molar-refractivity contribution is 7.99. The van der Waals surface area contributed by atoms with Gasteiger partial charge in [-0.1, -0.05) is 23.4 Å². The van der Waals surface area contributed by atoms with E-state index in [9.17, 15) is 19.1 Å². The molecule has 5 nitrogen and oxygen atoms in total. The topological polar surface area (TPSA) is 72.2 Å². The second kappa shape index (κ2) is 8.21. The number of hydrogen-bond donors (Lipinski definition) is 1. The van der Waals surface area contributed by atoms with Gasteiger partial charge in [0, 0.05) is 10.6 Å². The lowest BCUT2D eigenvalue weighted by molar-refractivity contribution is 0.102.